The molecule has 0 aromatic carbocycles. The van der Waals surface area contributed by atoms with Crippen molar-refractivity contribution < 1.29 is 4.21 Å². The van der Waals surface area contributed by atoms with Crippen molar-refractivity contribution in [3.8, 4) is 10.6 Å². The second kappa shape index (κ2) is 4.68. The van der Waals surface area contributed by atoms with Crippen LogP contribution in [0, 0.1) is 0 Å². The Morgan fingerprint density at radius 1 is 1.33 bits per heavy atom. The molecule has 0 aliphatic carbocycles. The quantitative estimate of drug-likeness (QED) is 0.821. The number of thiophene rings is 1. The van der Waals surface area contributed by atoms with Crippen molar-refractivity contribution in [3.63, 3.8) is 0 Å². The van der Waals surface area contributed by atoms with Crippen LogP contribution in [0.5, 0.6) is 0 Å². The summed E-state index contributed by atoms with van der Waals surface area (Å²) in [5.74, 6) is 0.669. The zero-order chi connectivity index (χ0) is 10.7. The third-order valence-corrected chi connectivity index (χ3v) is 4.80. The van der Waals surface area contributed by atoms with Crippen LogP contribution in [0.4, 0.5) is 0 Å². The number of pyridine rings is 1. The van der Waals surface area contributed by atoms with Crippen molar-refractivity contribution in [2.45, 2.75) is 11.1 Å². The molecule has 2 nitrogen and oxygen atoms in total. The van der Waals surface area contributed by atoms with Gasteiger partial charge in [-0.15, -0.1) is 11.3 Å². The van der Waals surface area contributed by atoms with E-state index in [1.165, 1.54) is 0 Å². The van der Waals surface area contributed by atoms with Gasteiger partial charge in [0.1, 0.15) is 0 Å². The van der Waals surface area contributed by atoms with Crippen LogP contribution in [-0.4, -0.2) is 14.9 Å². The van der Waals surface area contributed by atoms with Gasteiger partial charge in [-0.05, 0) is 24.3 Å². The summed E-state index contributed by atoms with van der Waals surface area (Å²) in [4.78, 5) is 5.34. The Hall–Kier alpha value is -1.00. The number of hydrogen-bond acceptors (Lipinski definition) is 3. The molecule has 0 radical (unpaired) electrons. The van der Waals surface area contributed by atoms with Crippen LogP contribution in [0.25, 0.3) is 10.6 Å². The van der Waals surface area contributed by atoms with E-state index in [0.29, 0.717) is 5.75 Å². The van der Waals surface area contributed by atoms with Gasteiger partial charge in [0.25, 0.3) is 0 Å². The Kier molecular flexibility index (Phi) is 3.28. The lowest BCUT2D eigenvalue weighted by molar-refractivity contribution is 0.685. The van der Waals surface area contributed by atoms with Gasteiger partial charge in [0.2, 0.25) is 0 Å². The minimum absolute atomic E-state index is 0.669. The van der Waals surface area contributed by atoms with E-state index in [4.69, 9.17) is 0 Å². The molecule has 78 valence electrons. The van der Waals surface area contributed by atoms with Crippen molar-refractivity contribution in [2.75, 3.05) is 5.75 Å². The van der Waals surface area contributed by atoms with Gasteiger partial charge in [0.15, 0.2) is 0 Å². The molecular formula is C11H11NOS2. The highest BCUT2D eigenvalue weighted by atomic mass is 32.2. The molecule has 2 rings (SSSR count). The van der Waals surface area contributed by atoms with Crippen LogP contribution >= 0.6 is 11.3 Å². The Bertz CT molecular complexity index is 464. The molecule has 1 unspecified atom stereocenters. The number of nitrogens with zero attached hydrogens (tertiary/aromatic N) is 1. The molecule has 1 atom stereocenters. The average molecular weight is 237 g/mol. The summed E-state index contributed by atoms with van der Waals surface area (Å²) >= 11 is 1.56. The molecule has 0 bridgehead atoms. The zero-order valence-corrected chi connectivity index (χ0v) is 9.98. The summed E-state index contributed by atoms with van der Waals surface area (Å²) in [7, 11) is -0.853. The maximum atomic E-state index is 11.6. The summed E-state index contributed by atoms with van der Waals surface area (Å²) < 4.78 is 12.5. The molecule has 0 saturated carbocycles. The van der Waals surface area contributed by atoms with Gasteiger partial charge in [0, 0.05) is 11.9 Å². The summed E-state index contributed by atoms with van der Waals surface area (Å²) in [5, 5.41) is 0. The maximum absolute atomic E-state index is 11.6. The van der Waals surface area contributed by atoms with Crippen LogP contribution in [-0.2, 0) is 10.8 Å². The molecule has 0 N–H and O–H groups in total. The summed E-state index contributed by atoms with van der Waals surface area (Å²) in [6.45, 7) is 1.93. The van der Waals surface area contributed by atoms with E-state index < -0.39 is 10.8 Å². The van der Waals surface area contributed by atoms with E-state index in [2.05, 4.69) is 4.98 Å². The molecule has 4 heteroatoms. The van der Waals surface area contributed by atoms with E-state index in [0.717, 1.165) is 14.8 Å². The first-order valence-corrected chi connectivity index (χ1v) is 6.84. The van der Waals surface area contributed by atoms with Crippen molar-refractivity contribution in [1.29, 1.82) is 0 Å². The standard InChI is InChI=1S/C11H11NOS2/c1-2-15(13)11-7-6-10(14-11)9-5-3-4-8-12-9/h3-8H,2H2,1H3. The van der Waals surface area contributed by atoms with Crippen LogP contribution in [0.1, 0.15) is 6.92 Å². The van der Waals surface area contributed by atoms with Gasteiger partial charge in [-0.3, -0.25) is 9.19 Å². The highest BCUT2D eigenvalue weighted by Gasteiger charge is 2.07. The van der Waals surface area contributed by atoms with Crippen molar-refractivity contribution >= 4 is 22.1 Å². The largest absolute Gasteiger partial charge is 0.255 e. The molecule has 0 spiro atoms. The summed E-state index contributed by atoms with van der Waals surface area (Å²) in [6, 6.07) is 9.72. The van der Waals surface area contributed by atoms with Crippen molar-refractivity contribution in [1.82, 2.24) is 4.98 Å². The Balaban J connectivity index is 2.32. The monoisotopic (exact) mass is 237 g/mol. The number of hydrogen-bond donors (Lipinski definition) is 0. The molecule has 2 aromatic rings. The molecular weight excluding hydrogens is 226 g/mol. The van der Waals surface area contributed by atoms with Crippen LogP contribution in [0.3, 0.4) is 0 Å². The fourth-order valence-corrected chi connectivity index (χ4v) is 3.44. The van der Waals surface area contributed by atoms with Crippen molar-refractivity contribution in [3.05, 3.63) is 36.5 Å². The third-order valence-electron chi connectivity index (χ3n) is 1.99. The van der Waals surface area contributed by atoms with Crippen molar-refractivity contribution in [2.24, 2.45) is 0 Å². The first-order chi connectivity index (χ1) is 7.31. The Labute approximate surface area is 95.5 Å². The molecule has 0 amide bonds. The maximum Gasteiger partial charge on any atom is 0.0917 e. The van der Waals surface area contributed by atoms with E-state index in [1.54, 1.807) is 17.5 Å². The van der Waals surface area contributed by atoms with E-state index in [9.17, 15) is 4.21 Å². The molecule has 2 heterocycles. The molecule has 15 heavy (non-hydrogen) atoms. The van der Waals surface area contributed by atoms with Crippen LogP contribution in [0.2, 0.25) is 0 Å². The van der Waals surface area contributed by atoms with Gasteiger partial charge in [0.05, 0.1) is 25.6 Å². The first-order valence-electron chi connectivity index (χ1n) is 4.71. The second-order valence-electron chi connectivity index (χ2n) is 2.97. The predicted molar refractivity (Wildman–Crippen MR) is 64.5 cm³/mol. The van der Waals surface area contributed by atoms with E-state index in [-0.39, 0.29) is 0 Å². The topological polar surface area (TPSA) is 30.0 Å². The normalized spacial score (nSPS) is 12.6. The van der Waals surface area contributed by atoms with Gasteiger partial charge in [-0.1, -0.05) is 13.0 Å². The first kappa shape index (κ1) is 10.5. The smallest absolute Gasteiger partial charge is 0.0917 e. The lowest BCUT2D eigenvalue weighted by atomic mass is 10.3. The minimum atomic E-state index is -0.853. The third kappa shape index (κ3) is 2.33. The SMILES string of the molecule is CCS(=O)c1ccc(-c2ccccn2)s1. The number of aromatic nitrogens is 1. The lowest BCUT2D eigenvalue weighted by Crippen LogP contribution is -1.88. The Morgan fingerprint density at radius 2 is 2.20 bits per heavy atom. The van der Waals surface area contributed by atoms with Gasteiger partial charge in [-0.25, -0.2) is 0 Å². The predicted octanol–water partition coefficient (Wildman–Crippen LogP) is 2.94. The molecule has 0 fully saturated rings. The zero-order valence-electron chi connectivity index (χ0n) is 8.34. The average Bonchev–Trinajstić information content (AvgIpc) is 2.78. The van der Waals surface area contributed by atoms with Gasteiger partial charge >= 0.3 is 0 Å². The Morgan fingerprint density at radius 3 is 2.87 bits per heavy atom. The number of rotatable bonds is 3. The summed E-state index contributed by atoms with van der Waals surface area (Å²) in [5.41, 5.74) is 0.946. The molecule has 0 saturated heterocycles. The molecule has 0 aliphatic rings. The second-order valence-corrected chi connectivity index (χ2v) is 6.02. The van der Waals surface area contributed by atoms with E-state index in [1.807, 2.05) is 37.3 Å². The minimum Gasteiger partial charge on any atom is -0.255 e. The van der Waals surface area contributed by atoms with Crippen LogP contribution < -0.4 is 0 Å². The fraction of sp³-hybridized carbons (Fsp3) is 0.182. The highest BCUT2D eigenvalue weighted by Crippen LogP contribution is 2.28. The van der Waals surface area contributed by atoms with Gasteiger partial charge in [-0.2, -0.15) is 0 Å². The fourth-order valence-electron chi connectivity index (χ4n) is 1.23. The molecule has 0 aliphatic heterocycles. The van der Waals surface area contributed by atoms with E-state index >= 15 is 0 Å². The summed E-state index contributed by atoms with van der Waals surface area (Å²) in [6.07, 6.45) is 1.77. The lowest BCUT2D eigenvalue weighted by Gasteiger charge is -1.94. The van der Waals surface area contributed by atoms with Crippen LogP contribution in [0.15, 0.2) is 40.7 Å². The van der Waals surface area contributed by atoms with Gasteiger partial charge < -0.3 is 0 Å². The highest BCUT2D eigenvalue weighted by molar-refractivity contribution is 7.87. The molecule has 2 aromatic heterocycles.